The molecule has 2 heterocycles. The predicted molar refractivity (Wildman–Crippen MR) is 96.6 cm³/mol. The number of piperidine rings is 1. The number of sulfonamides is 1. The minimum Gasteiger partial charge on any atom is -0.384 e. The van der Waals surface area contributed by atoms with E-state index in [1.165, 1.54) is 19.4 Å². The molecule has 0 unspecified atom stereocenters. The number of carbonyl (C=O) groups excluding carboxylic acids is 1. The molecule has 9 nitrogen and oxygen atoms in total. The predicted octanol–water partition coefficient (Wildman–Crippen LogP) is -0.315. The SMILES string of the molecule is COCCNS(=O)(=O)c1c[nH]c(C(=O)NCC2(COC)CCNCC2)c1. The summed E-state index contributed by atoms with van der Waals surface area (Å²) in [6, 6.07) is 1.33. The third-order valence-corrected chi connectivity index (χ3v) is 5.99. The van der Waals surface area contributed by atoms with Crippen LogP contribution in [-0.4, -0.2) is 72.9 Å². The zero-order valence-corrected chi connectivity index (χ0v) is 16.1. The fraction of sp³-hybridized carbons (Fsp3) is 0.688. The number of methoxy groups -OCH3 is 2. The third kappa shape index (κ3) is 5.52. The average Bonchev–Trinajstić information content (AvgIpc) is 3.12. The van der Waals surface area contributed by atoms with Gasteiger partial charge in [0.2, 0.25) is 10.0 Å². The molecule has 0 saturated carbocycles. The van der Waals surface area contributed by atoms with E-state index in [0.29, 0.717) is 13.2 Å². The lowest BCUT2D eigenvalue weighted by atomic mass is 9.79. The summed E-state index contributed by atoms with van der Waals surface area (Å²) in [5.41, 5.74) is 0.109. The van der Waals surface area contributed by atoms with E-state index in [4.69, 9.17) is 9.47 Å². The molecule has 26 heavy (non-hydrogen) atoms. The van der Waals surface area contributed by atoms with Crippen LogP contribution in [0, 0.1) is 5.41 Å². The van der Waals surface area contributed by atoms with Gasteiger partial charge in [-0.25, -0.2) is 13.1 Å². The van der Waals surface area contributed by atoms with Crippen LogP contribution >= 0.6 is 0 Å². The second-order valence-electron chi connectivity index (χ2n) is 6.51. The van der Waals surface area contributed by atoms with Crippen LogP contribution in [0.2, 0.25) is 0 Å². The molecule has 0 atom stereocenters. The lowest BCUT2D eigenvalue weighted by molar-refractivity contribution is 0.0511. The second-order valence-corrected chi connectivity index (χ2v) is 8.27. The maximum Gasteiger partial charge on any atom is 0.267 e. The number of nitrogens with one attached hydrogen (secondary N) is 4. The summed E-state index contributed by atoms with van der Waals surface area (Å²) in [6.07, 6.45) is 3.13. The van der Waals surface area contributed by atoms with Gasteiger partial charge in [-0.2, -0.15) is 0 Å². The van der Waals surface area contributed by atoms with Crippen molar-refractivity contribution in [2.75, 3.05) is 53.6 Å². The van der Waals surface area contributed by atoms with E-state index in [0.717, 1.165) is 25.9 Å². The van der Waals surface area contributed by atoms with E-state index < -0.39 is 10.0 Å². The van der Waals surface area contributed by atoms with Crippen molar-refractivity contribution in [3.63, 3.8) is 0 Å². The largest absolute Gasteiger partial charge is 0.384 e. The van der Waals surface area contributed by atoms with Crippen LogP contribution in [0.3, 0.4) is 0 Å². The standard InChI is InChI=1S/C16H28N4O5S/c1-24-8-7-20-26(22,23)13-9-14(18-10-13)15(21)19-11-16(12-25-2)3-5-17-6-4-16/h9-10,17-18,20H,3-8,11-12H2,1-2H3,(H,19,21). The number of aromatic amines is 1. The Morgan fingerprint density at radius 2 is 2.00 bits per heavy atom. The molecule has 1 amide bonds. The lowest BCUT2D eigenvalue weighted by Crippen LogP contribution is -2.47. The maximum atomic E-state index is 12.4. The Kier molecular flexibility index (Phi) is 7.59. The number of hydrogen-bond donors (Lipinski definition) is 4. The van der Waals surface area contributed by atoms with Crippen LogP contribution in [0.1, 0.15) is 23.3 Å². The van der Waals surface area contributed by atoms with Gasteiger partial charge in [0, 0.05) is 38.9 Å². The minimum absolute atomic E-state index is 0.0206. The first-order valence-electron chi connectivity index (χ1n) is 8.57. The number of H-pyrrole nitrogens is 1. The zero-order valence-electron chi connectivity index (χ0n) is 15.3. The van der Waals surface area contributed by atoms with Gasteiger partial charge in [0.05, 0.1) is 13.2 Å². The molecule has 0 bridgehead atoms. The Balaban J connectivity index is 1.96. The van der Waals surface area contributed by atoms with Crippen LogP contribution in [-0.2, 0) is 19.5 Å². The van der Waals surface area contributed by atoms with Crippen molar-refractivity contribution in [2.45, 2.75) is 17.7 Å². The highest BCUT2D eigenvalue weighted by atomic mass is 32.2. The quantitative estimate of drug-likeness (QED) is 0.408. The van der Waals surface area contributed by atoms with Gasteiger partial charge in [0.25, 0.3) is 5.91 Å². The summed E-state index contributed by atoms with van der Waals surface area (Å²) in [6.45, 7) is 3.26. The van der Waals surface area contributed by atoms with E-state index in [1.54, 1.807) is 7.11 Å². The lowest BCUT2D eigenvalue weighted by Gasteiger charge is -2.37. The van der Waals surface area contributed by atoms with Crippen LogP contribution in [0.4, 0.5) is 0 Å². The molecule has 0 aliphatic carbocycles. The fourth-order valence-electron chi connectivity index (χ4n) is 3.02. The molecule has 0 radical (unpaired) electrons. The van der Waals surface area contributed by atoms with Crippen molar-refractivity contribution in [1.29, 1.82) is 0 Å². The summed E-state index contributed by atoms with van der Waals surface area (Å²) in [5.74, 6) is -0.336. The second kappa shape index (κ2) is 9.47. The van der Waals surface area contributed by atoms with E-state index in [-0.39, 0.29) is 35.1 Å². The molecular weight excluding hydrogens is 360 g/mol. The molecule has 1 fully saturated rings. The molecular formula is C16H28N4O5S. The molecule has 1 aliphatic rings. The summed E-state index contributed by atoms with van der Waals surface area (Å²) < 4.78 is 36.8. The van der Waals surface area contributed by atoms with Crippen molar-refractivity contribution in [2.24, 2.45) is 5.41 Å². The van der Waals surface area contributed by atoms with Gasteiger partial charge < -0.3 is 25.1 Å². The zero-order chi connectivity index (χ0) is 19.0. The minimum atomic E-state index is -3.67. The molecule has 1 saturated heterocycles. The van der Waals surface area contributed by atoms with E-state index in [1.807, 2.05) is 0 Å². The molecule has 1 aromatic heterocycles. The fourth-order valence-corrected chi connectivity index (χ4v) is 4.03. The first-order valence-corrected chi connectivity index (χ1v) is 10.1. The summed E-state index contributed by atoms with van der Waals surface area (Å²) in [7, 11) is -0.522. The number of ether oxygens (including phenoxy) is 2. The molecule has 2 rings (SSSR count). The van der Waals surface area contributed by atoms with Crippen LogP contribution < -0.4 is 15.4 Å². The Labute approximate surface area is 154 Å². The Hall–Kier alpha value is -1.46. The number of carbonyl (C=O) groups is 1. The van der Waals surface area contributed by atoms with E-state index in [9.17, 15) is 13.2 Å². The topological polar surface area (TPSA) is 122 Å². The average molecular weight is 388 g/mol. The molecule has 1 aromatic rings. The summed E-state index contributed by atoms with van der Waals surface area (Å²) in [5, 5.41) is 6.20. The highest BCUT2D eigenvalue weighted by Crippen LogP contribution is 2.28. The number of hydrogen-bond acceptors (Lipinski definition) is 6. The van der Waals surface area contributed by atoms with Crippen LogP contribution in [0.25, 0.3) is 0 Å². The molecule has 0 spiro atoms. The van der Waals surface area contributed by atoms with Gasteiger partial charge in [-0.05, 0) is 32.0 Å². The Morgan fingerprint density at radius 1 is 1.27 bits per heavy atom. The van der Waals surface area contributed by atoms with Gasteiger partial charge in [0.15, 0.2) is 0 Å². The highest BCUT2D eigenvalue weighted by Gasteiger charge is 2.32. The molecule has 4 N–H and O–H groups in total. The van der Waals surface area contributed by atoms with Crippen LogP contribution in [0.15, 0.2) is 17.2 Å². The molecule has 148 valence electrons. The van der Waals surface area contributed by atoms with Gasteiger partial charge in [-0.1, -0.05) is 0 Å². The van der Waals surface area contributed by atoms with Crippen molar-refractivity contribution < 1.29 is 22.7 Å². The van der Waals surface area contributed by atoms with Gasteiger partial charge in [-0.15, -0.1) is 0 Å². The molecule has 1 aliphatic heterocycles. The number of amides is 1. The normalized spacial score (nSPS) is 17.2. The van der Waals surface area contributed by atoms with Crippen molar-refractivity contribution in [3.8, 4) is 0 Å². The van der Waals surface area contributed by atoms with Crippen LogP contribution in [0.5, 0.6) is 0 Å². The van der Waals surface area contributed by atoms with Crippen molar-refractivity contribution >= 4 is 15.9 Å². The van der Waals surface area contributed by atoms with E-state index >= 15 is 0 Å². The van der Waals surface area contributed by atoms with Gasteiger partial charge in [0.1, 0.15) is 10.6 Å². The highest BCUT2D eigenvalue weighted by molar-refractivity contribution is 7.89. The van der Waals surface area contributed by atoms with Gasteiger partial charge >= 0.3 is 0 Å². The third-order valence-electron chi connectivity index (χ3n) is 4.55. The monoisotopic (exact) mass is 388 g/mol. The van der Waals surface area contributed by atoms with Crippen molar-refractivity contribution in [3.05, 3.63) is 18.0 Å². The first kappa shape index (κ1) is 20.8. The maximum absolute atomic E-state index is 12.4. The Bertz CT molecular complexity index is 677. The number of rotatable bonds is 10. The van der Waals surface area contributed by atoms with Crippen molar-refractivity contribution in [1.82, 2.24) is 20.3 Å². The van der Waals surface area contributed by atoms with E-state index in [2.05, 4.69) is 20.3 Å². The smallest absolute Gasteiger partial charge is 0.267 e. The first-order chi connectivity index (χ1) is 12.4. The summed E-state index contributed by atoms with van der Waals surface area (Å²) in [4.78, 5) is 15.1. The molecule has 10 heteroatoms. The summed E-state index contributed by atoms with van der Waals surface area (Å²) >= 11 is 0. The van der Waals surface area contributed by atoms with Gasteiger partial charge in [-0.3, -0.25) is 4.79 Å². The Morgan fingerprint density at radius 3 is 2.65 bits per heavy atom. The molecule has 0 aromatic carbocycles. The number of aromatic nitrogens is 1.